The first-order chi connectivity index (χ1) is 26.0. The van der Waals surface area contributed by atoms with Crippen molar-refractivity contribution in [1.82, 2.24) is 31.9 Å². The van der Waals surface area contributed by atoms with Gasteiger partial charge in [-0.1, -0.05) is 27.7 Å². The number of rotatable bonds is 26. The molecule has 0 saturated carbocycles. The van der Waals surface area contributed by atoms with E-state index >= 15 is 0 Å². The maximum atomic E-state index is 13.6. The molecule has 0 saturated heterocycles. The Kier molecular flexibility index (Phi) is 23.3. The Morgan fingerprint density at radius 1 is 0.589 bits per heavy atom. The van der Waals surface area contributed by atoms with Crippen LogP contribution in [0.25, 0.3) is 0 Å². The summed E-state index contributed by atoms with van der Waals surface area (Å²) >= 11 is 0. The van der Waals surface area contributed by atoms with E-state index in [4.69, 9.17) is 28.7 Å². The average molecular weight is 802 g/mol. The van der Waals surface area contributed by atoms with Gasteiger partial charge in [0.15, 0.2) is 18.0 Å². The lowest BCUT2D eigenvalue weighted by atomic mass is 10.0. The van der Waals surface area contributed by atoms with Gasteiger partial charge in [0, 0.05) is 13.1 Å². The van der Waals surface area contributed by atoms with Crippen LogP contribution in [0, 0.1) is 11.8 Å². The van der Waals surface area contributed by atoms with E-state index in [-0.39, 0.29) is 68.9 Å². The summed E-state index contributed by atoms with van der Waals surface area (Å²) in [5.74, 6) is -7.37. The summed E-state index contributed by atoms with van der Waals surface area (Å²) in [4.78, 5) is 98.0. The molecule has 0 fully saturated rings. The first-order valence-corrected chi connectivity index (χ1v) is 18.2. The maximum Gasteiger partial charge on any atom is 0.328 e. The quantitative estimate of drug-likeness (QED) is 0.0220. The minimum atomic E-state index is -1.70. The highest BCUT2D eigenvalue weighted by Gasteiger charge is 2.34. The second kappa shape index (κ2) is 25.7. The zero-order valence-corrected chi connectivity index (χ0v) is 32.9. The summed E-state index contributed by atoms with van der Waals surface area (Å²) in [5.41, 5.74) is 27.3. The lowest BCUT2D eigenvalue weighted by molar-refractivity contribution is -0.145. The molecule has 19 N–H and O–H groups in total. The lowest BCUT2D eigenvalue weighted by Gasteiger charge is -2.28. The summed E-state index contributed by atoms with van der Waals surface area (Å²) in [7, 11) is 0. The van der Waals surface area contributed by atoms with Crippen molar-refractivity contribution in [2.24, 2.45) is 50.5 Å². The molecular weight excluding hydrogens is 738 g/mol. The van der Waals surface area contributed by atoms with E-state index in [0.717, 1.165) is 6.92 Å². The molecule has 6 amide bonds. The number of aliphatic hydroxyl groups excluding tert-OH is 2. The second-order valence-corrected chi connectivity index (χ2v) is 14.0. The van der Waals surface area contributed by atoms with Crippen LogP contribution in [-0.2, 0) is 33.6 Å². The summed E-state index contributed by atoms with van der Waals surface area (Å²) in [6.07, 6.45) is -2.51. The van der Waals surface area contributed by atoms with Crippen molar-refractivity contribution in [3.8, 4) is 0 Å². The highest BCUT2D eigenvalue weighted by molar-refractivity contribution is 5.96. The van der Waals surface area contributed by atoms with Gasteiger partial charge in [-0.25, -0.2) is 4.79 Å². The van der Waals surface area contributed by atoms with Crippen molar-refractivity contribution in [2.45, 2.75) is 122 Å². The first-order valence-electron chi connectivity index (χ1n) is 18.2. The molecule has 56 heavy (non-hydrogen) atoms. The molecule has 0 unspecified atom stereocenters. The van der Waals surface area contributed by atoms with Crippen molar-refractivity contribution >= 4 is 53.3 Å². The minimum absolute atomic E-state index is 0.0264. The van der Waals surface area contributed by atoms with Gasteiger partial charge in [0.05, 0.1) is 24.8 Å². The fourth-order valence-electron chi connectivity index (χ4n) is 4.91. The van der Waals surface area contributed by atoms with Gasteiger partial charge in [0.25, 0.3) is 0 Å². The standard InChI is InChI=1S/C33H63N13O10/c1-15(2)13-21(28(52)42-20(10-8-12-40-33(37)38)27(51)46-25(18(6)48)31(55)56)44-30(54)24(17(5)47)45-22(49)14-41-26(50)19(9-7-11-39-32(35)36)43-29(53)23(34)16(3)4/h15-21,23-25,47-48H,7-14,34H2,1-6H3,(H,41,50)(H,42,52)(H,43,53)(H,44,54)(H,45,49)(H,46,51)(H,55,56)(H4,35,36,39)(H4,37,38,40)/t17-,18-,19+,20+,21+,23+,24+,25+/m1/s1. The van der Waals surface area contributed by atoms with E-state index in [1.807, 2.05) is 0 Å². The minimum Gasteiger partial charge on any atom is -0.480 e. The Labute approximate surface area is 326 Å². The molecule has 0 aliphatic carbocycles. The molecule has 0 aliphatic heterocycles. The second-order valence-electron chi connectivity index (χ2n) is 14.0. The van der Waals surface area contributed by atoms with E-state index < -0.39 is 96.4 Å². The van der Waals surface area contributed by atoms with Crippen LogP contribution in [0.15, 0.2) is 9.98 Å². The molecule has 0 aromatic carbocycles. The maximum absolute atomic E-state index is 13.6. The number of hydrogen-bond donors (Lipinski definition) is 14. The summed E-state index contributed by atoms with van der Waals surface area (Å²) in [6, 6.07) is -8.05. The van der Waals surface area contributed by atoms with Gasteiger partial charge in [-0.05, 0) is 57.8 Å². The molecular formula is C33H63N13O10. The number of nitrogens with two attached hydrogens (primary N) is 5. The summed E-state index contributed by atoms with van der Waals surface area (Å²) < 4.78 is 0. The number of aliphatic imine (C=N–C) groups is 2. The SMILES string of the molecule is CC(C)C[C@H](NC(=O)[C@@H](NC(=O)CNC(=O)[C@H](CCCN=C(N)N)NC(=O)[C@@H](N)C(C)C)[C@@H](C)O)C(=O)N[C@@H](CCCN=C(N)N)C(=O)N[C@H](C(=O)O)[C@@H](C)O. The normalized spacial score (nSPS) is 15.3. The molecule has 320 valence electrons. The molecule has 0 heterocycles. The molecule has 0 rings (SSSR count). The Bertz CT molecular complexity index is 1380. The Hall–Kier alpha value is -5.29. The van der Waals surface area contributed by atoms with Crippen LogP contribution in [0.1, 0.15) is 73.6 Å². The number of carbonyl (C=O) groups is 7. The van der Waals surface area contributed by atoms with Crippen LogP contribution in [-0.4, -0.2) is 137 Å². The third-order valence-corrected chi connectivity index (χ3v) is 8.07. The number of amides is 6. The van der Waals surface area contributed by atoms with E-state index in [1.165, 1.54) is 6.92 Å². The number of nitrogens with one attached hydrogen (secondary N) is 6. The summed E-state index contributed by atoms with van der Waals surface area (Å²) in [6.45, 7) is 8.84. The van der Waals surface area contributed by atoms with Gasteiger partial charge in [0.2, 0.25) is 35.4 Å². The Balaban J connectivity index is 5.95. The third kappa shape index (κ3) is 20.4. The third-order valence-electron chi connectivity index (χ3n) is 8.07. The molecule has 0 bridgehead atoms. The van der Waals surface area contributed by atoms with Crippen molar-refractivity contribution in [2.75, 3.05) is 19.6 Å². The van der Waals surface area contributed by atoms with Gasteiger partial charge in [0.1, 0.15) is 24.2 Å². The van der Waals surface area contributed by atoms with Crippen LogP contribution in [0.5, 0.6) is 0 Å². The molecule has 0 aromatic rings. The van der Waals surface area contributed by atoms with Crippen molar-refractivity contribution < 1.29 is 48.9 Å². The highest BCUT2D eigenvalue weighted by Crippen LogP contribution is 2.09. The smallest absolute Gasteiger partial charge is 0.328 e. The van der Waals surface area contributed by atoms with Crippen LogP contribution in [0.2, 0.25) is 0 Å². The van der Waals surface area contributed by atoms with E-state index in [9.17, 15) is 48.9 Å². The highest BCUT2D eigenvalue weighted by atomic mass is 16.4. The van der Waals surface area contributed by atoms with E-state index in [0.29, 0.717) is 0 Å². The van der Waals surface area contributed by atoms with Gasteiger partial charge in [-0.2, -0.15) is 0 Å². The van der Waals surface area contributed by atoms with Gasteiger partial charge in [-0.3, -0.25) is 38.8 Å². The Morgan fingerprint density at radius 3 is 1.46 bits per heavy atom. The molecule has 0 spiro atoms. The fraction of sp³-hybridized carbons (Fsp3) is 0.727. The number of carbonyl (C=O) groups excluding carboxylic acids is 6. The lowest BCUT2D eigenvalue weighted by Crippen LogP contribution is -2.60. The van der Waals surface area contributed by atoms with Crippen LogP contribution < -0.4 is 60.6 Å². The molecule has 0 radical (unpaired) electrons. The Morgan fingerprint density at radius 2 is 1.04 bits per heavy atom. The number of carboxylic acids is 1. The monoisotopic (exact) mass is 801 g/mol. The topological polar surface area (TPSA) is 407 Å². The van der Waals surface area contributed by atoms with E-state index in [2.05, 4.69) is 41.9 Å². The number of aliphatic carboxylic acids is 1. The number of hydrogen-bond acceptors (Lipinski definition) is 12. The number of nitrogens with zero attached hydrogens (tertiary/aromatic N) is 2. The van der Waals surface area contributed by atoms with Gasteiger partial charge < -0.3 is 75.9 Å². The van der Waals surface area contributed by atoms with Gasteiger partial charge >= 0.3 is 5.97 Å². The van der Waals surface area contributed by atoms with Crippen molar-refractivity contribution in [3.05, 3.63) is 0 Å². The zero-order chi connectivity index (χ0) is 43.3. The molecule has 0 aliphatic rings. The number of guanidine groups is 2. The number of carboxylic acid groups (broad SMARTS) is 1. The first kappa shape index (κ1) is 50.7. The van der Waals surface area contributed by atoms with Crippen LogP contribution in [0.4, 0.5) is 0 Å². The van der Waals surface area contributed by atoms with E-state index in [1.54, 1.807) is 27.7 Å². The number of aliphatic hydroxyl groups is 2. The average Bonchev–Trinajstić information content (AvgIpc) is 3.08. The van der Waals surface area contributed by atoms with Crippen molar-refractivity contribution in [3.63, 3.8) is 0 Å². The molecule has 23 heteroatoms. The predicted molar refractivity (Wildman–Crippen MR) is 206 cm³/mol. The largest absolute Gasteiger partial charge is 0.480 e. The molecule has 0 aromatic heterocycles. The van der Waals surface area contributed by atoms with Crippen LogP contribution in [0.3, 0.4) is 0 Å². The van der Waals surface area contributed by atoms with Crippen molar-refractivity contribution in [1.29, 1.82) is 0 Å². The van der Waals surface area contributed by atoms with Crippen LogP contribution >= 0.6 is 0 Å². The summed E-state index contributed by atoms with van der Waals surface area (Å²) in [5, 5.41) is 44.1. The fourth-order valence-corrected chi connectivity index (χ4v) is 4.91. The molecule has 8 atom stereocenters. The predicted octanol–water partition coefficient (Wildman–Crippen LogP) is -5.49. The molecule has 23 nitrogen and oxygen atoms in total. The van der Waals surface area contributed by atoms with Gasteiger partial charge in [-0.15, -0.1) is 0 Å². The zero-order valence-electron chi connectivity index (χ0n) is 32.9.